The number of pyridine rings is 3. The molecule has 0 aromatic carbocycles. The maximum absolute atomic E-state index is 14.2. The number of aryl methyl sites for hydroxylation is 3. The molecule has 0 bridgehead atoms. The van der Waals surface area contributed by atoms with Gasteiger partial charge < -0.3 is 9.84 Å². The Hall–Kier alpha value is -3.89. The molecule has 0 saturated heterocycles. The molecule has 11 heteroatoms. The van der Waals surface area contributed by atoms with Crippen molar-refractivity contribution >= 4 is 11.6 Å². The van der Waals surface area contributed by atoms with Gasteiger partial charge in [-0.05, 0) is 63.9 Å². The lowest BCUT2D eigenvalue weighted by atomic mass is 10.1. The van der Waals surface area contributed by atoms with Gasteiger partial charge in [-0.15, -0.1) is 0 Å². The molecule has 0 aliphatic rings. The normalized spacial score (nSPS) is 11.6. The van der Waals surface area contributed by atoms with Crippen molar-refractivity contribution in [3.63, 3.8) is 0 Å². The maximum Gasteiger partial charge on any atom is 0.280 e. The standard InChI is InChI=1S/C26H25ClFN5O4/c1-14-10-17(28)18(30-12-14)13-37-19-11-16(3)33(23(34)21(19)27)22-15(2)7-9-32(24(22)35)20-6-8-29-25(31-20)26(4,5)36/h6-12,36H,13H2,1-5H3. The van der Waals surface area contributed by atoms with Crippen molar-refractivity contribution < 1.29 is 14.2 Å². The Labute approximate surface area is 216 Å². The minimum atomic E-state index is -1.32. The Morgan fingerprint density at radius 2 is 1.84 bits per heavy atom. The Balaban J connectivity index is 1.78. The third-order valence-corrected chi connectivity index (χ3v) is 5.99. The molecule has 4 rings (SSSR count). The molecule has 4 heterocycles. The van der Waals surface area contributed by atoms with Crippen LogP contribution in [0.15, 0.2) is 52.4 Å². The van der Waals surface area contributed by atoms with E-state index in [-0.39, 0.29) is 40.4 Å². The molecule has 4 aromatic heterocycles. The van der Waals surface area contributed by atoms with E-state index in [1.807, 2.05) is 0 Å². The Morgan fingerprint density at radius 1 is 1.11 bits per heavy atom. The fraction of sp³-hybridized carbons (Fsp3) is 0.269. The zero-order chi connectivity index (χ0) is 27.1. The van der Waals surface area contributed by atoms with Gasteiger partial charge in [0.25, 0.3) is 11.1 Å². The predicted octanol–water partition coefficient (Wildman–Crippen LogP) is 3.70. The summed E-state index contributed by atoms with van der Waals surface area (Å²) in [4.78, 5) is 39.3. The number of hydrogen-bond donors (Lipinski definition) is 1. The van der Waals surface area contributed by atoms with E-state index in [1.54, 1.807) is 26.8 Å². The average Bonchev–Trinajstić information content (AvgIpc) is 2.83. The second-order valence-electron chi connectivity index (χ2n) is 9.15. The molecule has 0 unspecified atom stereocenters. The van der Waals surface area contributed by atoms with E-state index in [0.717, 1.165) is 0 Å². The average molecular weight is 526 g/mol. The summed E-state index contributed by atoms with van der Waals surface area (Å²) in [5, 5.41) is 10.0. The van der Waals surface area contributed by atoms with E-state index in [4.69, 9.17) is 16.3 Å². The number of halogens is 2. The fourth-order valence-electron chi connectivity index (χ4n) is 3.72. The summed E-state index contributed by atoms with van der Waals surface area (Å²) < 4.78 is 22.2. The fourth-order valence-corrected chi connectivity index (χ4v) is 3.92. The van der Waals surface area contributed by atoms with Crippen LogP contribution in [0.25, 0.3) is 11.5 Å². The molecule has 1 N–H and O–H groups in total. The summed E-state index contributed by atoms with van der Waals surface area (Å²) in [6.07, 6.45) is 4.48. The van der Waals surface area contributed by atoms with Crippen molar-refractivity contribution in [2.24, 2.45) is 0 Å². The second-order valence-corrected chi connectivity index (χ2v) is 9.53. The molecule has 0 aliphatic carbocycles. The predicted molar refractivity (Wildman–Crippen MR) is 136 cm³/mol. The van der Waals surface area contributed by atoms with Crippen LogP contribution >= 0.6 is 11.6 Å². The molecule has 37 heavy (non-hydrogen) atoms. The molecular weight excluding hydrogens is 501 g/mol. The molecule has 0 amide bonds. The third kappa shape index (κ3) is 5.16. The number of aliphatic hydroxyl groups is 1. The Kier molecular flexibility index (Phi) is 6.98. The highest BCUT2D eigenvalue weighted by Crippen LogP contribution is 2.25. The van der Waals surface area contributed by atoms with E-state index in [1.165, 1.54) is 59.8 Å². The van der Waals surface area contributed by atoms with Crippen LogP contribution < -0.4 is 15.9 Å². The largest absolute Gasteiger partial charge is 0.485 e. The summed E-state index contributed by atoms with van der Waals surface area (Å²) in [7, 11) is 0. The van der Waals surface area contributed by atoms with Crippen LogP contribution in [0.3, 0.4) is 0 Å². The molecule has 0 radical (unpaired) electrons. The van der Waals surface area contributed by atoms with Crippen molar-refractivity contribution in [1.82, 2.24) is 24.1 Å². The van der Waals surface area contributed by atoms with Crippen LogP contribution in [0.1, 0.15) is 42.2 Å². The summed E-state index contributed by atoms with van der Waals surface area (Å²) in [5.74, 6) is -0.125. The monoisotopic (exact) mass is 525 g/mol. The zero-order valence-corrected chi connectivity index (χ0v) is 21.7. The van der Waals surface area contributed by atoms with E-state index in [9.17, 15) is 19.1 Å². The number of aromatic nitrogens is 5. The van der Waals surface area contributed by atoms with Crippen molar-refractivity contribution in [3.05, 3.63) is 103 Å². The summed E-state index contributed by atoms with van der Waals surface area (Å²) in [6.45, 7) is 7.88. The summed E-state index contributed by atoms with van der Waals surface area (Å²) in [5.41, 5.74) is -0.804. The van der Waals surface area contributed by atoms with Gasteiger partial charge in [-0.3, -0.25) is 23.7 Å². The first-order valence-electron chi connectivity index (χ1n) is 11.3. The first-order valence-corrected chi connectivity index (χ1v) is 11.7. The number of nitrogens with zero attached hydrogens (tertiary/aromatic N) is 5. The van der Waals surface area contributed by atoms with Crippen LogP contribution in [-0.4, -0.2) is 29.2 Å². The van der Waals surface area contributed by atoms with Gasteiger partial charge >= 0.3 is 0 Å². The molecule has 9 nitrogen and oxygen atoms in total. The highest BCUT2D eigenvalue weighted by atomic mass is 35.5. The van der Waals surface area contributed by atoms with Gasteiger partial charge in [-0.1, -0.05) is 11.6 Å². The lowest BCUT2D eigenvalue weighted by Crippen LogP contribution is -2.32. The van der Waals surface area contributed by atoms with E-state index >= 15 is 0 Å². The quantitative estimate of drug-likeness (QED) is 0.408. The van der Waals surface area contributed by atoms with E-state index < -0.39 is 22.5 Å². The van der Waals surface area contributed by atoms with Crippen molar-refractivity contribution in [3.8, 4) is 17.3 Å². The molecule has 192 valence electrons. The molecular formula is C26H25ClFN5O4. The highest BCUT2D eigenvalue weighted by molar-refractivity contribution is 6.31. The van der Waals surface area contributed by atoms with Gasteiger partial charge in [0.05, 0.1) is 0 Å². The maximum atomic E-state index is 14.2. The van der Waals surface area contributed by atoms with Gasteiger partial charge in [0.1, 0.15) is 46.0 Å². The van der Waals surface area contributed by atoms with Crippen molar-refractivity contribution in [2.75, 3.05) is 0 Å². The van der Waals surface area contributed by atoms with Gasteiger partial charge in [-0.2, -0.15) is 0 Å². The lowest BCUT2D eigenvalue weighted by molar-refractivity contribution is 0.0686. The smallest absolute Gasteiger partial charge is 0.280 e. The third-order valence-electron chi connectivity index (χ3n) is 5.65. The van der Waals surface area contributed by atoms with Crippen LogP contribution in [0.5, 0.6) is 5.75 Å². The molecule has 0 fully saturated rings. The van der Waals surface area contributed by atoms with Gasteiger partial charge in [0.15, 0.2) is 5.82 Å². The topological polar surface area (TPSA) is 112 Å². The van der Waals surface area contributed by atoms with E-state index in [2.05, 4.69) is 15.0 Å². The lowest BCUT2D eigenvalue weighted by Gasteiger charge is -2.18. The minimum Gasteiger partial charge on any atom is -0.485 e. The molecule has 0 spiro atoms. The van der Waals surface area contributed by atoms with Gasteiger partial charge in [0, 0.05) is 30.4 Å². The van der Waals surface area contributed by atoms with Crippen molar-refractivity contribution in [2.45, 2.75) is 46.8 Å². The molecule has 4 aromatic rings. The van der Waals surface area contributed by atoms with Crippen LogP contribution in [0.4, 0.5) is 4.39 Å². The first kappa shape index (κ1) is 26.2. The molecule has 0 saturated carbocycles. The number of hydrogen-bond acceptors (Lipinski definition) is 7. The first-order chi connectivity index (χ1) is 17.4. The van der Waals surface area contributed by atoms with Gasteiger partial charge in [0.2, 0.25) is 0 Å². The zero-order valence-electron chi connectivity index (χ0n) is 20.9. The van der Waals surface area contributed by atoms with Crippen molar-refractivity contribution in [1.29, 1.82) is 0 Å². The summed E-state index contributed by atoms with van der Waals surface area (Å²) in [6, 6.07) is 6.02. The Morgan fingerprint density at radius 3 is 2.51 bits per heavy atom. The van der Waals surface area contributed by atoms with Crippen LogP contribution in [-0.2, 0) is 12.2 Å². The molecule has 0 atom stereocenters. The van der Waals surface area contributed by atoms with Crippen LogP contribution in [0.2, 0.25) is 5.02 Å². The second kappa shape index (κ2) is 9.87. The SMILES string of the molecule is Cc1cnc(COc2cc(C)n(-c3c(C)ccn(-c4ccnc(C(C)(C)O)n4)c3=O)c(=O)c2Cl)c(F)c1. The number of ether oxygens (including phenoxy) is 1. The summed E-state index contributed by atoms with van der Waals surface area (Å²) >= 11 is 6.35. The van der Waals surface area contributed by atoms with E-state index in [0.29, 0.717) is 16.8 Å². The minimum absolute atomic E-state index is 0.0433. The number of rotatable bonds is 6. The highest BCUT2D eigenvalue weighted by Gasteiger charge is 2.22. The Bertz CT molecular complexity index is 1630. The van der Waals surface area contributed by atoms with Gasteiger partial charge in [-0.25, -0.2) is 14.4 Å². The molecule has 0 aliphatic heterocycles. The van der Waals surface area contributed by atoms with Crippen LogP contribution in [0, 0.1) is 26.6 Å².